The average Bonchev–Trinajstić information content (AvgIpc) is 2.90. The summed E-state index contributed by atoms with van der Waals surface area (Å²) < 4.78 is 5.36. The highest BCUT2D eigenvalue weighted by atomic mass is 16.5. The van der Waals surface area contributed by atoms with Gasteiger partial charge in [-0.05, 0) is 30.9 Å². The number of hydrogen-bond donors (Lipinski definition) is 1. The van der Waals surface area contributed by atoms with E-state index in [1.54, 1.807) is 0 Å². The molecule has 1 aliphatic carbocycles. The van der Waals surface area contributed by atoms with Crippen molar-refractivity contribution < 1.29 is 4.52 Å². The number of nitrogens with two attached hydrogens (primary N) is 1. The molecule has 1 heterocycles. The fourth-order valence-corrected chi connectivity index (χ4v) is 2.92. The SMILES string of the molecule is CC1CCCC(N)(c2noc(-c3ccccc3)n2)C1. The predicted octanol–water partition coefficient (Wildman–Crippen LogP) is 3.10. The van der Waals surface area contributed by atoms with Crippen LogP contribution in [-0.2, 0) is 5.54 Å². The summed E-state index contributed by atoms with van der Waals surface area (Å²) in [6.07, 6.45) is 4.24. The van der Waals surface area contributed by atoms with Crippen molar-refractivity contribution in [3.05, 3.63) is 36.2 Å². The summed E-state index contributed by atoms with van der Waals surface area (Å²) in [4.78, 5) is 4.51. The molecule has 0 spiro atoms. The lowest BCUT2D eigenvalue weighted by atomic mass is 9.76. The fourth-order valence-electron chi connectivity index (χ4n) is 2.92. The van der Waals surface area contributed by atoms with E-state index in [2.05, 4.69) is 17.1 Å². The maximum atomic E-state index is 6.48. The molecule has 2 N–H and O–H groups in total. The molecule has 1 saturated carbocycles. The molecular formula is C15H19N3O. The van der Waals surface area contributed by atoms with Gasteiger partial charge in [0.1, 0.15) is 0 Å². The second kappa shape index (κ2) is 4.78. The van der Waals surface area contributed by atoms with Gasteiger partial charge in [0, 0.05) is 5.56 Å². The highest BCUT2D eigenvalue weighted by molar-refractivity contribution is 5.52. The van der Waals surface area contributed by atoms with E-state index in [0.29, 0.717) is 17.6 Å². The lowest BCUT2D eigenvalue weighted by Crippen LogP contribution is -2.42. The third-order valence-corrected chi connectivity index (χ3v) is 3.92. The highest BCUT2D eigenvalue weighted by Gasteiger charge is 2.37. The molecular weight excluding hydrogens is 238 g/mol. The second-order valence-electron chi connectivity index (χ2n) is 5.65. The minimum Gasteiger partial charge on any atom is -0.334 e. The molecule has 0 amide bonds. The van der Waals surface area contributed by atoms with Crippen LogP contribution in [-0.4, -0.2) is 10.1 Å². The van der Waals surface area contributed by atoms with Crippen LogP contribution in [0, 0.1) is 5.92 Å². The molecule has 4 heteroatoms. The van der Waals surface area contributed by atoms with E-state index >= 15 is 0 Å². The highest BCUT2D eigenvalue weighted by Crippen LogP contribution is 2.37. The number of rotatable bonds is 2. The third kappa shape index (κ3) is 2.40. The van der Waals surface area contributed by atoms with Crippen LogP contribution in [0.15, 0.2) is 34.9 Å². The third-order valence-electron chi connectivity index (χ3n) is 3.92. The zero-order valence-electron chi connectivity index (χ0n) is 11.2. The fraction of sp³-hybridized carbons (Fsp3) is 0.467. The molecule has 2 unspecified atom stereocenters. The van der Waals surface area contributed by atoms with Crippen LogP contribution in [0.4, 0.5) is 0 Å². The normalized spacial score (nSPS) is 27.4. The summed E-state index contributed by atoms with van der Waals surface area (Å²) in [5.41, 5.74) is 6.99. The van der Waals surface area contributed by atoms with Gasteiger partial charge in [-0.15, -0.1) is 0 Å². The van der Waals surface area contributed by atoms with Crippen LogP contribution in [0.25, 0.3) is 11.5 Å². The molecule has 4 nitrogen and oxygen atoms in total. The summed E-state index contributed by atoms with van der Waals surface area (Å²) >= 11 is 0. The maximum absolute atomic E-state index is 6.48. The van der Waals surface area contributed by atoms with Crippen LogP contribution < -0.4 is 5.73 Å². The smallest absolute Gasteiger partial charge is 0.257 e. The van der Waals surface area contributed by atoms with Crippen molar-refractivity contribution in [2.45, 2.75) is 38.1 Å². The largest absolute Gasteiger partial charge is 0.334 e. The van der Waals surface area contributed by atoms with Crippen LogP contribution >= 0.6 is 0 Å². The maximum Gasteiger partial charge on any atom is 0.257 e. The van der Waals surface area contributed by atoms with E-state index in [4.69, 9.17) is 10.3 Å². The second-order valence-corrected chi connectivity index (χ2v) is 5.65. The molecule has 0 aliphatic heterocycles. The van der Waals surface area contributed by atoms with Crippen LogP contribution in [0.1, 0.15) is 38.4 Å². The first-order valence-corrected chi connectivity index (χ1v) is 6.86. The Kier molecular flexibility index (Phi) is 3.11. The van der Waals surface area contributed by atoms with Gasteiger partial charge in [0.25, 0.3) is 5.89 Å². The van der Waals surface area contributed by atoms with E-state index in [-0.39, 0.29) is 0 Å². The monoisotopic (exact) mass is 257 g/mol. The van der Waals surface area contributed by atoms with E-state index in [1.807, 2.05) is 30.3 Å². The molecule has 2 aromatic rings. The van der Waals surface area contributed by atoms with Crippen molar-refractivity contribution in [2.75, 3.05) is 0 Å². The summed E-state index contributed by atoms with van der Waals surface area (Å²) in [5, 5.41) is 4.11. The van der Waals surface area contributed by atoms with Crippen molar-refractivity contribution in [2.24, 2.45) is 11.7 Å². The Labute approximate surface area is 113 Å². The van der Waals surface area contributed by atoms with Gasteiger partial charge in [-0.25, -0.2) is 0 Å². The lowest BCUT2D eigenvalue weighted by Gasteiger charge is -2.33. The van der Waals surface area contributed by atoms with E-state index in [0.717, 1.165) is 24.8 Å². The van der Waals surface area contributed by atoms with Crippen LogP contribution in [0.5, 0.6) is 0 Å². The van der Waals surface area contributed by atoms with Gasteiger partial charge >= 0.3 is 0 Å². The Morgan fingerprint density at radius 1 is 1.32 bits per heavy atom. The number of aromatic nitrogens is 2. The van der Waals surface area contributed by atoms with E-state index in [9.17, 15) is 0 Å². The van der Waals surface area contributed by atoms with Crippen molar-refractivity contribution in [3.63, 3.8) is 0 Å². The first kappa shape index (κ1) is 12.4. The average molecular weight is 257 g/mol. The molecule has 1 aliphatic rings. The van der Waals surface area contributed by atoms with Crippen LogP contribution in [0.3, 0.4) is 0 Å². The number of nitrogens with zero attached hydrogens (tertiary/aromatic N) is 2. The minimum absolute atomic E-state index is 0.422. The van der Waals surface area contributed by atoms with Gasteiger partial charge < -0.3 is 10.3 Å². The summed E-state index contributed by atoms with van der Waals surface area (Å²) in [7, 11) is 0. The lowest BCUT2D eigenvalue weighted by molar-refractivity contribution is 0.222. The van der Waals surface area contributed by atoms with Gasteiger partial charge in [-0.2, -0.15) is 4.98 Å². The molecule has 19 heavy (non-hydrogen) atoms. The van der Waals surface area contributed by atoms with Gasteiger partial charge in [-0.1, -0.05) is 43.1 Å². The Hall–Kier alpha value is -1.68. The molecule has 1 aromatic heterocycles. The molecule has 2 atom stereocenters. The first-order chi connectivity index (χ1) is 9.17. The van der Waals surface area contributed by atoms with Gasteiger partial charge in [0.15, 0.2) is 5.82 Å². The first-order valence-electron chi connectivity index (χ1n) is 6.86. The summed E-state index contributed by atoms with van der Waals surface area (Å²) in [5.74, 6) is 1.83. The molecule has 1 aromatic carbocycles. The van der Waals surface area contributed by atoms with Crippen molar-refractivity contribution in [1.29, 1.82) is 0 Å². The molecule has 0 saturated heterocycles. The topological polar surface area (TPSA) is 64.9 Å². The Bertz CT molecular complexity index is 552. The van der Waals surface area contributed by atoms with Crippen molar-refractivity contribution >= 4 is 0 Å². The molecule has 100 valence electrons. The zero-order chi connectivity index (χ0) is 13.3. The molecule has 0 radical (unpaired) electrons. The van der Waals surface area contributed by atoms with E-state index in [1.165, 1.54) is 6.42 Å². The Morgan fingerprint density at radius 3 is 2.84 bits per heavy atom. The quantitative estimate of drug-likeness (QED) is 0.897. The summed E-state index contributed by atoms with van der Waals surface area (Å²) in [6, 6.07) is 9.81. The molecule has 1 fully saturated rings. The zero-order valence-corrected chi connectivity index (χ0v) is 11.2. The standard InChI is InChI=1S/C15H19N3O/c1-11-6-5-9-15(16,10-11)14-17-13(19-18-14)12-7-3-2-4-8-12/h2-4,7-8,11H,5-6,9-10,16H2,1H3. The van der Waals surface area contributed by atoms with E-state index < -0.39 is 5.54 Å². The Morgan fingerprint density at radius 2 is 2.11 bits per heavy atom. The van der Waals surface area contributed by atoms with Crippen molar-refractivity contribution in [1.82, 2.24) is 10.1 Å². The molecule has 0 bridgehead atoms. The van der Waals surface area contributed by atoms with Crippen LogP contribution in [0.2, 0.25) is 0 Å². The molecule has 3 rings (SSSR count). The number of benzene rings is 1. The summed E-state index contributed by atoms with van der Waals surface area (Å²) in [6.45, 7) is 2.24. The van der Waals surface area contributed by atoms with Gasteiger partial charge in [-0.3, -0.25) is 0 Å². The minimum atomic E-state index is -0.422. The van der Waals surface area contributed by atoms with Gasteiger partial charge in [0.2, 0.25) is 0 Å². The van der Waals surface area contributed by atoms with Gasteiger partial charge in [0.05, 0.1) is 5.54 Å². The Balaban J connectivity index is 1.89. The van der Waals surface area contributed by atoms with Crippen molar-refractivity contribution in [3.8, 4) is 11.5 Å². The number of hydrogen-bond acceptors (Lipinski definition) is 4. The predicted molar refractivity (Wildman–Crippen MR) is 73.2 cm³/mol.